The van der Waals surface area contributed by atoms with E-state index >= 15 is 0 Å². The first kappa shape index (κ1) is 21.9. The van der Waals surface area contributed by atoms with E-state index in [2.05, 4.69) is 37.4 Å². The average Bonchev–Trinajstić information content (AvgIpc) is 2.93. The second-order valence-electron chi connectivity index (χ2n) is 5.79. The van der Waals surface area contributed by atoms with Crippen LogP contribution in [0, 0.1) is 6.92 Å². The molecule has 2 N–H and O–H groups in total. The topological polar surface area (TPSA) is 83.3 Å². The smallest absolute Gasteiger partial charge is 0.192 e. The van der Waals surface area contributed by atoms with Gasteiger partial charge in [-0.1, -0.05) is 12.1 Å². The Morgan fingerprint density at radius 3 is 2.69 bits per heavy atom. The maximum atomic E-state index is 4.59. The molecule has 2 heterocycles. The highest BCUT2D eigenvalue weighted by atomic mass is 127. The summed E-state index contributed by atoms with van der Waals surface area (Å²) in [5, 5.41) is 14.7. The minimum Gasteiger partial charge on any atom is -0.363 e. The highest BCUT2D eigenvalue weighted by Crippen LogP contribution is 2.08. The summed E-state index contributed by atoms with van der Waals surface area (Å²) in [4.78, 5) is 11.1. The van der Waals surface area contributed by atoms with Crippen LogP contribution < -0.4 is 15.5 Å². The zero-order valence-corrected chi connectivity index (χ0v) is 18.1. The maximum Gasteiger partial charge on any atom is 0.192 e. The molecule has 0 aromatic carbocycles. The van der Waals surface area contributed by atoms with Crippen molar-refractivity contribution in [3.05, 3.63) is 48.2 Å². The monoisotopic (exact) mass is 470 g/mol. The number of anilines is 1. The SMILES string of the molecule is C=CCNC(=NCc1cccc(N(C)C)n1)NCc1nnc(C)n1C.I. The van der Waals surface area contributed by atoms with Crippen LogP contribution in [0.25, 0.3) is 0 Å². The summed E-state index contributed by atoms with van der Waals surface area (Å²) in [6.07, 6.45) is 1.79. The molecule has 0 atom stereocenters. The fourth-order valence-corrected chi connectivity index (χ4v) is 2.07. The lowest BCUT2D eigenvalue weighted by Gasteiger charge is -2.13. The predicted octanol–water partition coefficient (Wildman–Crippen LogP) is 1.62. The molecule has 0 bridgehead atoms. The van der Waals surface area contributed by atoms with E-state index in [4.69, 9.17) is 0 Å². The highest BCUT2D eigenvalue weighted by molar-refractivity contribution is 14.0. The third-order valence-corrected chi connectivity index (χ3v) is 3.66. The number of hydrogen-bond acceptors (Lipinski definition) is 5. The molecule has 0 aliphatic carbocycles. The van der Waals surface area contributed by atoms with Crippen LogP contribution in [-0.2, 0) is 20.1 Å². The molecule has 26 heavy (non-hydrogen) atoms. The fourth-order valence-electron chi connectivity index (χ4n) is 2.07. The zero-order valence-electron chi connectivity index (χ0n) is 15.7. The van der Waals surface area contributed by atoms with Crippen molar-refractivity contribution in [1.82, 2.24) is 30.4 Å². The van der Waals surface area contributed by atoms with Crippen LogP contribution >= 0.6 is 24.0 Å². The van der Waals surface area contributed by atoms with Crippen molar-refractivity contribution in [2.45, 2.75) is 20.0 Å². The predicted molar refractivity (Wildman–Crippen MR) is 116 cm³/mol. The van der Waals surface area contributed by atoms with Gasteiger partial charge in [-0.3, -0.25) is 0 Å². The first-order chi connectivity index (χ1) is 12.0. The van der Waals surface area contributed by atoms with E-state index in [1.165, 1.54) is 0 Å². The van der Waals surface area contributed by atoms with Gasteiger partial charge >= 0.3 is 0 Å². The Bertz CT molecular complexity index is 738. The molecule has 0 saturated heterocycles. The van der Waals surface area contributed by atoms with Gasteiger partial charge in [0.15, 0.2) is 11.8 Å². The molecule has 2 aromatic rings. The highest BCUT2D eigenvalue weighted by Gasteiger charge is 2.06. The molecule has 2 rings (SSSR count). The lowest BCUT2D eigenvalue weighted by molar-refractivity contribution is 0.721. The summed E-state index contributed by atoms with van der Waals surface area (Å²) >= 11 is 0. The van der Waals surface area contributed by atoms with Crippen LogP contribution in [0.2, 0.25) is 0 Å². The molecule has 0 fully saturated rings. The summed E-state index contributed by atoms with van der Waals surface area (Å²) in [6.45, 7) is 7.28. The van der Waals surface area contributed by atoms with Gasteiger partial charge in [0.2, 0.25) is 0 Å². The molecule has 0 aliphatic heterocycles. The van der Waals surface area contributed by atoms with Crippen LogP contribution in [0.1, 0.15) is 17.3 Å². The maximum absolute atomic E-state index is 4.59. The number of guanidine groups is 1. The van der Waals surface area contributed by atoms with Gasteiger partial charge in [0, 0.05) is 27.7 Å². The van der Waals surface area contributed by atoms with Crippen LogP contribution in [0.5, 0.6) is 0 Å². The number of aryl methyl sites for hydroxylation is 1. The minimum atomic E-state index is 0. The minimum absolute atomic E-state index is 0. The van der Waals surface area contributed by atoms with E-state index < -0.39 is 0 Å². The Morgan fingerprint density at radius 1 is 1.31 bits per heavy atom. The van der Waals surface area contributed by atoms with Gasteiger partial charge in [0.05, 0.1) is 18.8 Å². The van der Waals surface area contributed by atoms with Gasteiger partial charge in [-0.2, -0.15) is 0 Å². The van der Waals surface area contributed by atoms with E-state index in [0.29, 0.717) is 25.6 Å². The molecule has 9 heteroatoms. The van der Waals surface area contributed by atoms with Crippen LogP contribution in [0.15, 0.2) is 35.8 Å². The van der Waals surface area contributed by atoms with Crippen molar-refractivity contribution < 1.29 is 0 Å². The fraction of sp³-hybridized carbons (Fsp3) is 0.412. The Kier molecular flexibility index (Phi) is 9.03. The van der Waals surface area contributed by atoms with Crippen molar-refractivity contribution in [3.8, 4) is 0 Å². The summed E-state index contributed by atoms with van der Waals surface area (Å²) in [5.74, 6) is 3.31. The summed E-state index contributed by atoms with van der Waals surface area (Å²) in [7, 11) is 5.88. The first-order valence-electron chi connectivity index (χ1n) is 8.12. The normalized spacial score (nSPS) is 10.8. The van der Waals surface area contributed by atoms with Crippen LogP contribution in [-0.4, -0.2) is 46.3 Å². The number of aromatic nitrogens is 4. The average molecular weight is 470 g/mol. The van der Waals surface area contributed by atoms with Crippen molar-refractivity contribution in [3.63, 3.8) is 0 Å². The lowest BCUT2D eigenvalue weighted by atomic mass is 10.3. The quantitative estimate of drug-likeness (QED) is 0.277. The van der Waals surface area contributed by atoms with Crippen molar-refractivity contribution in [2.75, 3.05) is 25.5 Å². The van der Waals surface area contributed by atoms with Gasteiger partial charge in [-0.25, -0.2) is 9.98 Å². The molecule has 0 spiro atoms. The van der Waals surface area contributed by atoms with E-state index in [1.54, 1.807) is 6.08 Å². The van der Waals surface area contributed by atoms with Crippen molar-refractivity contribution >= 4 is 35.8 Å². The molecule has 0 unspecified atom stereocenters. The molecule has 0 aliphatic rings. The van der Waals surface area contributed by atoms with E-state index in [-0.39, 0.29) is 24.0 Å². The van der Waals surface area contributed by atoms with Gasteiger partial charge in [-0.05, 0) is 19.1 Å². The Balaban J connectivity index is 0.00000338. The molecule has 2 aromatic heterocycles. The molecular weight excluding hydrogens is 443 g/mol. The van der Waals surface area contributed by atoms with Crippen molar-refractivity contribution in [2.24, 2.45) is 12.0 Å². The van der Waals surface area contributed by atoms with Crippen LogP contribution in [0.3, 0.4) is 0 Å². The standard InChI is InChI=1S/C17H26N8.HI/c1-6-10-18-17(20-12-16-23-22-13(2)25(16)5)19-11-14-8-7-9-15(21-14)24(3)4;/h6-9H,1,10-12H2,2-5H3,(H2,18,19,20);1H. The van der Waals surface area contributed by atoms with Crippen LogP contribution in [0.4, 0.5) is 5.82 Å². The molecule has 8 nitrogen and oxygen atoms in total. The second kappa shape index (κ2) is 10.7. The second-order valence-corrected chi connectivity index (χ2v) is 5.79. The summed E-state index contributed by atoms with van der Waals surface area (Å²) < 4.78 is 1.94. The largest absolute Gasteiger partial charge is 0.363 e. The third-order valence-electron chi connectivity index (χ3n) is 3.66. The van der Waals surface area contributed by atoms with E-state index in [9.17, 15) is 0 Å². The molecule has 0 radical (unpaired) electrons. The zero-order chi connectivity index (χ0) is 18.2. The summed E-state index contributed by atoms with van der Waals surface area (Å²) in [6, 6.07) is 5.92. The van der Waals surface area contributed by atoms with Crippen molar-refractivity contribution in [1.29, 1.82) is 0 Å². The Hall–Kier alpha value is -2.17. The molecular formula is C17H27IN8. The number of aliphatic imine (C=N–C) groups is 1. The first-order valence-corrected chi connectivity index (χ1v) is 8.12. The van der Waals surface area contributed by atoms with E-state index in [1.807, 2.05) is 55.7 Å². The van der Waals surface area contributed by atoms with E-state index in [0.717, 1.165) is 23.2 Å². The number of rotatable bonds is 7. The van der Waals surface area contributed by atoms with Gasteiger partial charge in [0.1, 0.15) is 11.6 Å². The number of hydrogen-bond donors (Lipinski definition) is 2. The molecule has 142 valence electrons. The van der Waals surface area contributed by atoms with Gasteiger partial charge in [-0.15, -0.1) is 40.8 Å². The van der Waals surface area contributed by atoms with Gasteiger partial charge in [0.25, 0.3) is 0 Å². The Morgan fingerprint density at radius 2 is 2.08 bits per heavy atom. The third kappa shape index (κ3) is 6.28. The number of halogens is 1. The number of nitrogens with zero attached hydrogens (tertiary/aromatic N) is 6. The van der Waals surface area contributed by atoms with Gasteiger partial charge < -0.3 is 20.1 Å². The number of pyridine rings is 1. The molecule has 0 amide bonds. The Labute approximate surface area is 171 Å². The molecule has 0 saturated carbocycles. The lowest BCUT2D eigenvalue weighted by Crippen LogP contribution is -2.37. The number of nitrogens with one attached hydrogen (secondary N) is 2. The summed E-state index contributed by atoms with van der Waals surface area (Å²) in [5.41, 5.74) is 0.903.